The molecule has 18 aromatic carbocycles. The number of fused-ring (bicyclic) bond motifs is 6. The number of hydrogen-bond acceptors (Lipinski definition) is 4. The van der Waals surface area contributed by atoms with E-state index in [1.807, 2.05) is 0 Å². The lowest BCUT2D eigenvalue weighted by atomic mass is 9.83. The van der Waals surface area contributed by atoms with Gasteiger partial charge in [-0.05, 0) is 146 Å². The van der Waals surface area contributed by atoms with Crippen molar-refractivity contribution in [2.24, 2.45) is 0 Å². The van der Waals surface area contributed by atoms with Crippen LogP contribution in [0.25, 0.3) is 98.4 Å². The normalized spacial score (nSPS) is 12.1. The Morgan fingerprint density at radius 3 is 0.839 bits per heavy atom. The molecule has 20 rings (SSSR count). The van der Waals surface area contributed by atoms with Gasteiger partial charge in [0.1, 0.15) is 11.2 Å². The highest BCUT2D eigenvalue weighted by atomic mass is 28.3. The van der Waals surface area contributed by atoms with E-state index in [-0.39, 0.29) is 11.8 Å². The van der Waals surface area contributed by atoms with Crippen LogP contribution in [0, 0.1) is 0 Å². The van der Waals surface area contributed by atoms with Gasteiger partial charge < -0.3 is 18.6 Å². The molecule has 0 atom stereocenters. The van der Waals surface area contributed by atoms with Crippen molar-refractivity contribution >= 4 is 168 Å². The maximum absolute atomic E-state index is 7.26. The molecule has 0 saturated heterocycles. The van der Waals surface area contributed by atoms with Crippen molar-refractivity contribution in [3.05, 3.63) is 412 Å². The highest BCUT2D eigenvalue weighted by Crippen LogP contribution is 2.55. The molecule has 0 radical (unpaired) electrons. The Labute approximate surface area is 655 Å². The van der Waals surface area contributed by atoms with E-state index >= 15 is 0 Å². The average Bonchev–Trinajstić information content (AvgIpc) is 0.729. The standard InChI is InChI=1S/C106H80N2O2Si2/c1-71(2)93-69-99(107(97-59-33-55-89-85-53-25-29-61-101(85)109-105(89)97)95-57-27-23-51-83(95)73-35-31-49-81(67-73)111(75-37-11-5-12-38-75,76-39-13-6-14-40-76)77-41-15-7-16-42-77)91-66-64-88-94(72(3)4)70-100(92-65-63-87(93)103(91)104(88)92)108(98-60-34-56-90-86-54-26-30-62-102(86)110-106(90)98)96-58-28-24-52-84(96)74-36-32-50-82(68-74)112(78-43-17-8-18-44-78,79-45-19-9-20-46-79)80-47-21-10-22-48-80/h5-72H,1-4H3. The van der Waals surface area contributed by atoms with Gasteiger partial charge in [0.15, 0.2) is 27.3 Å². The summed E-state index contributed by atoms with van der Waals surface area (Å²) in [7, 11) is -5.96. The van der Waals surface area contributed by atoms with Gasteiger partial charge in [-0.1, -0.05) is 380 Å². The van der Waals surface area contributed by atoms with Crippen molar-refractivity contribution in [3.63, 3.8) is 0 Å². The van der Waals surface area contributed by atoms with E-state index in [0.29, 0.717) is 0 Å². The molecule has 0 fully saturated rings. The molecule has 0 saturated carbocycles. The lowest BCUT2D eigenvalue weighted by Crippen LogP contribution is -2.74. The Hall–Kier alpha value is -13.4. The fourth-order valence-electron chi connectivity index (χ4n) is 18.7. The number of benzene rings is 18. The third kappa shape index (κ3) is 10.9. The van der Waals surface area contributed by atoms with Crippen molar-refractivity contribution in [1.82, 2.24) is 0 Å². The monoisotopic (exact) mass is 1470 g/mol. The summed E-state index contributed by atoms with van der Waals surface area (Å²) in [5.74, 6) is 0.236. The van der Waals surface area contributed by atoms with Crippen LogP contribution >= 0.6 is 0 Å². The Bertz CT molecular complexity index is 6290. The predicted molar refractivity (Wildman–Crippen MR) is 480 cm³/mol. The van der Waals surface area contributed by atoms with E-state index in [1.54, 1.807) is 0 Å². The third-order valence-corrected chi connectivity index (χ3v) is 33.2. The predicted octanol–water partition coefficient (Wildman–Crippen LogP) is 23.7. The summed E-state index contributed by atoms with van der Waals surface area (Å²) in [6, 6.07) is 150. The minimum Gasteiger partial charge on any atom is -0.454 e. The van der Waals surface area contributed by atoms with Gasteiger partial charge in [0, 0.05) is 43.4 Å². The topological polar surface area (TPSA) is 32.8 Å². The zero-order valence-corrected chi connectivity index (χ0v) is 65.0. The van der Waals surface area contributed by atoms with Gasteiger partial charge in [0.25, 0.3) is 0 Å². The Kier molecular flexibility index (Phi) is 17.0. The zero-order valence-electron chi connectivity index (χ0n) is 63.0. The van der Waals surface area contributed by atoms with Crippen LogP contribution in [0.5, 0.6) is 0 Å². The first-order valence-corrected chi connectivity index (χ1v) is 43.2. The van der Waals surface area contributed by atoms with Crippen molar-refractivity contribution < 1.29 is 8.83 Å². The van der Waals surface area contributed by atoms with E-state index < -0.39 is 16.1 Å². The zero-order chi connectivity index (χ0) is 75.0. The fourth-order valence-corrected chi connectivity index (χ4v) is 28.3. The van der Waals surface area contributed by atoms with Crippen molar-refractivity contribution in [1.29, 1.82) is 0 Å². The number of furan rings is 2. The van der Waals surface area contributed by atoms with Crippen LogP contribution in [0.3, 0.4) is 0 Å². The molecule has 0 unspecified atom stereocenters. The molecular weight excluding hydrogens is 1390 g/mol. The molecular formula is C106H80N2O2Si2. The van der Waals surface area contributed by atoms with Gasteiger partial charge in [0.2, 0.25) is 0 Å². The lowest BCUT2D eigenvalue weighted by molar-refractivity contribution is 0.669. The molecule has 6 heteroatoms. The van der Waals surface area contributed by atoms with Gasteiger partial charge in [0.05, 0.1) is 34.1 Å². The van der Waals surface area contributed by atoms with E-state index in [4.69, 9.17) is 8.83 Å². The van der Waals surface area contributed by atoms with Crippen molar-refractivity contribution in [3.8, 4) is 22.3 Å². The Morgan fingerprint density at radius 1 is 0.214 bits per heavy atom. The lowest BCUT2D eigenvalue weighted by Gasteiger charge is -2.35. The molecule has 0 aliphatic heterocycles. The van der Waals surface area contributed by atoms with E-state index in [1.165, 1.54) is 74.2 Å². The SMILES string of the molecule is CC(C)c1cc(N(c2ccccc2-c2cccc([Si](c3ccccc3)(c3ccccc3)c3ccccc3)c2)c2cccc3c2oc2ccccc23)c2ccc3c(C(C)C)cc(N(c4ccccc4-c4cccc([Si](c5ccccc5)(c5ccccc5)c5ccccc5)c4)c4cccc5c4oc4ccccc45)c4ccc1c2c34. The van der Waals surface area contributed by atoms with Gasteiger partial charge in [-0.15, -0.1) is 0 Å². The summed E-state index contributed by atoms with van der Waals surface area (Å²) in [6.07, 6.45) is 0. The van der Waals surface area contributed by atoms with Crippen LogP contribution in [0.2, 0.25) is 0 Å². The smallest absolute Gasteiger partial charge is 0.179 e. The number of rotatable bonds is 18. The number of hydrogen-bond donors (Lipinski definition) is 0. The molecule has 2 heterocycles. The van der Waals surface area contributed by atoms with Crippen LogP contribution in [-0.2, 0) is 0 Å². The Balaban J connectivity index is 0.858. The Morgan fingerprint density at radius 2 is 0.491 bits per heavy atom. The summed E-state index contributed by atoms with van der Waals surface area (Å²) >= 11 is 0. The quantitative estimate of drug-likeness (QED) is 0.0487. The van der Waals surface area contributed by atoms with Gasteiger partial charge >= 0.3 is 0 Å². The van der Waals surface area contributed by atoms with Crippen LogP contribution in [-0.4, -0.2) is 16.1 Å². The molecule has 0 amide bonds. The molecule has 0 aliphatic rings. The summed E-state index contributed by atoms with van der Waals surface area (Å²) in [5, 5.41) is 22.0. The number of nitrogens with zero attached hydrogens (tertiary/aromatic N) is 2. The van der Waals surface area contributed by atoms with Crippen LogP contribution in [0.15, 0.2) is 409 Å². The van der Waals surface area contributed by atoms with Gasteiger partial charge in [-0.2, -0.15) is 0 Å². The summed E-state index contributed by atoms with van der Waals surface area (Å²) in [5.41, 5.74) is 16.4. The third-order valence-electron chi connectivity index (χ3n) is 23.6. The molecule has 0 aliphatic carbocycles. The molecule has 20 aromatic rings. The van der Waals surface area contributed by atoms with Gasteiger partial charge in [-0.3, -0.25) is 0 Å². The second-order valence-corrected chi connectivity index (χ2v) is 38.0. The highest BCUT2D eigenvalue weighted by Gasteiger charge is 2.44. The minimum atomic E-state index is -2.98. The molecule has 0 spiro atoms. The molecule has 2 aromatic heterocycles. The molecule has 0 bridgehead atoms. The van der Waals surface area contributed by atoms with E-state index in [2.05, 4.69) is 438 Å². The van der Waals surface area contributed by atoms with E-state index in [9.17, 15) is 0 Å². The summed E-state index contributed by atoms with van der Waals surface area (Å²) in [4.78, 5) is 5.10. The van der Waals surface area contributed by atoms with Crippen molar-refractivity contribution in [2.45, 2.75) is 39.5 Å². The second kappa shape index (κ2) is 27.9. The first kappa shape index (κ1) is 67.9. The van der Waals surface area contributed by atoms with E-state index in [0.717, 1.165) is 111 Å². The van der Waals surface area contributed by atoms with Crippen LogP contribution in [0.4, 0.5) is 34.1 Å². The first-order valence-electron chi connectivity index (χ1n) is 39.2. The van der Waals surface area contributed by atoms with Crippen molar-refractivity contribution in [2.75, 3.05) is 9.80 Å². The molecule has 534 valence electrons. The van der Waals surface area contributed by atoms with Crippen LogP contribution < -0.4 is 51.3 Å². The van der Waals surface area contributed by atoms with Gasteiger partial charge in [-0.25, -0.2) is 0 Å². The largest absolute Gasteiger partial charge is 0.454 e. The summed E-state index contributed by atoms with van der Waals surface area (Å²) < 4.78 is 14.5. The maximum Gasteiger partial charge on any atom is 0.179 e. The maximum atomic E-state index is 7.26. The number of para-hydroxylation sites is 6. The number of anilines is 6. The first-order chi connectivity index (χ1) is 55.2. The summed E-state index contributed by atoms with van der Waals surface area (Å²) in [6.45, 7) is 9.45. The molecule has 4 nitrogen and oxygen atoms in total. The molecule has 0 N–H and O–H groups in total. The highest BCUT2D eigenvalue weighted by molar-refractivity contribution is 7.20. The fraction of sp³-hybridized carbons (Fsp3) is 0.0566. The molecule has 112 heavy (non-hydrogen) atoms. The minimum absolute atomic E-state index is 0.118. The van der Waals surface area contributed by atoms with Crippen LogP contribution in [0.1, 0.15) is 50.7 Å². The average molecular weight is 1470 g/mol. The second-order valence-electron chi connectivity index (χ2n) is 30.4.